The Bertz CT molecular complexity index is 962. The van der Waals surface area contributed by atoms with Crippen LogP contribution in [-0.4, -0.2) is 62.1 Å². The maximum Gasteiger partial charge on any atom is 0.222 e. The number of nitrogens with zero attached hydrogens (tertiary/aromatic N) is 4. The lowest BCUT2D eigenvalue weighted by Crippen LogP contribution is -2.30. The highest BCUT2D eigenvalue weighted by molar-refractivity contribution is 6.02. The highest BCUT2D eigenvalue weighted by Gasteiger charge is 2.31. The van der Waals surface area contributed by atoms with Gasteiger partial charge in [0.05, 0.1) is 17.4 Å². The molecule has 166 valence electrons. The van der Waals surface area contributed by atoms with Crippen molar-refractivity contribution in [3.05, 3.63) is 35.9 Å². The van der Waals surface area contributed by atoms with Crippen LogP contribution in [0.2, 0.25) is 0 Å². The summed E-state index contributed by atoms with van der Waals surface area (Å²) < 4.78 is 27.4. The molecule has 11 heteroatoms. The Labute approximate surface area is 178 Å². The summed E-state index contributed by atoms with van der Waals surface area (Å²) in [5, 5.41) is 24.2. The Kier molecular flexibility index (Phi) is 6.74. The Hall–Kier alpha value is -3.21. The van der Waals surface area contributed by atoms with Gasteiger partial charge in [-0.05, 0) is 13.0 Å². The SMILES string of the molecule is CC(=O)Nc1cc(Nc2ccnc(C(F)C(C)F)n2)c(C(=N)N2CC(C)C(O)C2)cn1. The van der Waals surface area contributed by atoms with Crippen molar-refractivity contribution in [2.45, 2.75) is 39.2 Å². The molecule has 0 aliphatic carbocycles. The third-order valence-electron chi connectivity index (χ3n) is 4.94. The molecule has 1 amide bonds. The summed E-state index contributed by atoms with van der Waals surface area (Å²) in [4.78, 5) is 25.1. The number of hydrogen-bond donors (Lipinski definition) is 4. The van der Waals surface area contributed by atoms with E-state index < -0.39 is 18.4 Å². The van der Waals surface area contributed by atoms with Crippen LogP contribution in [0.25, 0.3) is 0 Å². The van der Waals surface area contributed by atoms with Crippen LogP contribution in [0.15, 0.2) is 24.5 Å². The molecule has 0 spiro atoms. The van der Waals surface area contributed by atoms with E-state index in [4.69, 9.17) is 5.41 Å². The van der Waals surface area contributed by atoms with Gasteiger partial charge in [-0.2, -0.15) is 0 Å². The molecule has 2 aromatic rings. The zero-order valence-corrected chi connectivity index (χ0v) is 17.4. The zero-order valence-electron chi connectivity index (χ0n) is 17.4. The maximum atomic E-state index is 14.0. The smallest absolute Gasteiger partial charge is 0.222 e. The molecule has 0 saturated carbocycles. The van der Waals surface area contributed by atoms with E-state index in [0.717, 1.165) is 6.92 Å². The lowest BCUT2D eigenvalue weighted by Gasteiger charge is -2.22. The first-order chi connectivity index (χ1) is 14.7. The molecule has 1 fully saturated rings. The van der Waals surface area contributed by atoms with Crippen molar-refractivity contribution < 1.29 is 18.7 Å². The first-order valence-corrected chi connectivity index (χ1v) is 9.83. The quantitative estimate of drug-likeness (QED) is 0.407. The van der Waals surface area contributed by atoms with Crippen LogP contribution < -0.4 is 10.6 Å². The van der Waals surface area contributed by atoms with Crippen molar-refractivity contribution in [1.29, 1.82) is 5.41 Å². The molecule has 1 aliphatic rings. The second kappa shape index (κ2) is 9.29. The standard InChI is InChI=1S/C20H25F2N7O2/c1-10-8-29(9-15(10)31)19(23)13-7-25-17(26-12(3)30)6-14(13)27-16-4-5-24-20(28-16)18(22)11(2)21/h4-7,10-11,15,18,23,31H,8-9H2,1-3H3,(H2,24,25,26,27,28,30). The number of halogens is 2. The third-order valence-corrected chi connectivity index (χ3v) is 4.94. The van der Waals surface area contributed by atoms with Gasteiger partial charge in [-0.3, -0.25) is 10.2 Å². The number of aromatic nitrogens is 3. The predicted octanol–water partition coefficient (Wildman–Crippen LogP) is 2.58. The molecule has 0 aromatic carbocycles. The van der Waals surface area contributed by atoms with Gasteiger partial charge in [-0.25, -0.2) is 23.7 Å². The minimum atomic E-state index is -1.97. The molecule has 0 bridgehead atoms. The number of amidine groups is 1. The van der Waals surface area contributed by atoms with Gasteiger partial charge < -0.3 is 20.6 Å². The van der Waals surface area contributed by atoms with Crippen LogP contribution in [-0.2, 0) is 4.79 Å². The summed E-state index contributed by atoms with van der Waals surface area (Å²) in [6, 6.07) is 3.00. The van der Waals surface area contributed by atoms with E-state index in [-0.39, 0.29) is 35.1 Å². The molecular formula is C20H25F2N7O2. The maximum absolute atomic E-state index is 14.0. The van der Waals surface area contributed by atoms with Crippen LogP contribution in [0.5, 0.6) is 0 Å². The predicted molar refractivity (Wildman–Crippen MR) is 112 cm³/mol. The van der Waals surface area contributed by atoms with Gasteiger partial charge in [0.2, 0.25) is 5.91 Å². The molecule has 3 heterocycles. The number of anilines is 3. The highest BCUT2D eigenvalue weighted by atomic mass is 19.2. The van der Waals surface area contributed by atoms with E-state index in [1.54, 1.807) is 4.90 Å². The summed E-state index contributed by atoms with van der Waals surface area (Å²) in [6.45, 7) is 5.14. The lowest BCUT2D eigenvalue weighted by molar-refractivity contribution is -0.114. The Morgan fingerprint density at radius 1 is 1.32 bits per heavy atom. The van der Waals surface area contributed by atoms with Crippen molar-refractivity contribution in [2.24, 2.45) is 5.92 Å². The Morgan fingerprint density at radius 2 is 2.06 bits per heavy atom. The number of likely N-dealkylation sites (tertiary alicyclic amines) is 1. The highest BCUT2D eigenvalue weighted by Crippen LogP contribution is 2.27. The molecular weight excluding hydrogens is 408 g/mol. The normalized spacial score (nSPS) is 20.3. The number of nitrogens with one attached hydrogen (secondary N) is 3. The molecule has 1 saturated heterocycles. The van der Waals surface area contributed by atoms with Gasteiger partial charge in [0, 0.05) is 44.4 Å². The average molecular weight is 433 g/mol. The van der Waals surface area contributed by atoms with E-state index in [2.05, 4.69) is 25.6 Å². The lowest BCUT2D eigenvalue weighted by atomic mass is 10.1. The number of β-amino-alcohol motifs (C(OH)–C–C–N with tert-alkyl or cyclic N) is 1. The molecule has 4 atom stereocenters. The van der Waals surface area contributed by atoms with Crippen molar-refractivity contribution in [2.75, 3.05) is 23.7 Å². The fourth-order valence-corrected chi connectivity index (χ4v) is 3.22. The first kappa shape index (κ1) is 22.5. The fraction of sp³-hybridized carbons (Fsp3) is 0.450. The van der Waals surface area contributed by atoms with Crippen LogP contribution >= 0.6 is 0 Å². The summed E-state index contributed by atoms with van der Waals surface area (Å²) in [5.74, 6) is -0.0446. The van der Waals surface area contributed by atoms with Crippen molar-refractivity contribution >= 4 is 29.1 Å². The third kappa shape index (κ3) is 5.29. The zero-order chi connectivity index (χ0) is 22.7. The molecule has 9 nitrogen and oxygen atoms in total. The number of rotatable bonds is 6. The second-order valence-corrected chi connectivity index (χ2v) is 7.60. The topological polar surface area (TPSA) is 127 Å². The molecule has 1 aliphatic heterocycles. The van der Waals surface area contributed by atoms with Gasteiger partial charge in [0.1, 0.15) is 23.6 Å². The minimum Gasteiger partial charge on any atom is -0.391 e. The van der Waals surface area contributed by atoms with Crippen LogP contribution in [0.3, 0.4) is 0 Å². The molecule has 31 heavy (non-hydrogen) atoms. The van der Waals surface area contributed by atoms with Crippen LogP contribution in [0.4, 0.5) is 26.1 Å². The van der Waals surface area contributed by atoms with E-state index in [1.807, 2.05) is 6.92 Å². The van der Waals surface area contributed by atoms with Crippen LogP contribution in [0.1, 0.15) is 38.3 Å². The van der Waals surface area contributed by atoms with E-state index in [9.17, 15) is 18.7 Å². The molecule has 3 rings (SSSR count). The average Bonchev–Trinajstić information content (AvgIpc) is 3.05. The van der Waals surface area contributed by atoms with Gasteiger partial charge in [0.25, 0.3) is 0 Å². The molecule has 4 N–H and O–H groups in total. The molecule has 2 aromatic heterocycles. The number of carbonyl (C=O) groups excluding carboxylic acids is 1. The summed E-state index contributed by atoms with van der Waals surface area (Å²) in [7, 11) is 0. The van der Waals surface area contributed by atoms with Crippen molar-refractivity contribution in [3.8, 4) is 0 Å². The Balaban J connectivity index is 1.94. The number of carbonyl (C=O) groups is 1. The van der Waals surface area contributed by atoms with E-state index in [1.165, 1.54) is 31.5 Å². The van der Waals surface area contributed by atoms with E-state index >= 15 is 0 Å². The van der Waals surface area contributed by atoms with Crippen molar-refractivity contribution in [3.63, 3.8) is 0 Å². The molecule has 0 radical (unpaired) electrons. The minimum absolute atomic E-state index is 0.0111. The first-order valence-electron chi connectivity index (χ1n) is 9.83. The van der Waals surface area contributed by atoms with Gasteiger partial charge >= 0.3 is 0 Å². The largest absolute Gasteiger partial charge is 0.391 e. The van der Waals surface area contributed by atoms with Crippen LogP contribution in [0, 0.1) is 11.3 Å². The molecule has 4 unspecified atom stereocenters. The van der Waals surface area contributed by atoms with Crippen molar-refractivity contribution in [1.82, 2.24) is 19.9 Å². The number of amides is 1. The Morgan fingerprint density at radius 3 is 2.68 bits per heavy atom. The number of aliphatic hydroxyl groups is 1. The fourth-order valence-electron chi connectivity index (χ4n) is 3.22. The van der Waals surface area contributed by atoms with Gasteiger partial charge in [-0.1, -0.05) is 6.92 Å². The monoisotopic (exact) mass is 433 g/mol. The summed E-state index contributed by atoms with van der Waals surface area (Å²) in [5.41, 5.74) is 0.775. The van der Waals surface area contributed by atoms with Gasteiger partial charge in [0.15, 0.2) is 12.0 Å². The summed E-state index contributed by atoms with van der Waals surface area (Å²) >= 11 is 0. The second-order valence-electron chi connectivity index (χ2n) is 7.60. The number of hydrogen-bond acceptors (Lipinski definition) is 7. The summed E-state index contributed by atoms with van der Waals surface area (Å²) in [6.07, 6.45) is -1.56. The number of alkyl halides is 2. The van der Waals surface area contributed by atoms with Gasteiger partial charge in [-0.15, -0.1) is 0 Å². The van der Waals surface area contributed by atoms with E-state index in [0.29, 0.717) is 24.3 Å². The number of pyridine rings is 1. The number of aliphatic hydroxyl groups excluding tert-OH is 1.